The summed E-state index contributed by atoms with van der Waals surface area (Å²) in [6.07, 6.45) is 2.29. The van der Waals surface area contributed by atoms with Gasteiger partial charge < -0.3 is 10.1 Å². The van der Waals surface area contributed by atoms with Crippen LogP contribution in [-0.2, 0) is 11.2 Å². The largest absolute Gasteiger partial charge is 0.457 e. The molecule has 0 unspecified atom stereocenters. The average Bonchev–Trinajstić information content (AvgIpc) is 2.80. The number of benzene rings is 4. The Hall–Kier alpha value is -3.57. The van der Waals surface area contributed by atoms with E-state index >= 15 is 0 Å². The summed E-state index contributed by atoms with van der Waals surface area (Å²) in [7, 11) is 0. The molecule has 0 aliphatic heterocycles. The van der Waals surface area contributed by atoms with Gasteiger partial charge in [0.25, 0.3) is 0 Å². The highest BCUT2D eigenvalue weighted by molar-refractivity contribution is 7.98. The molecule has 0 spiro atoms. The minimum atomic E-state index is -0.374. The Kier molecular flexibility index (Phi) is 6.87. The van der Waals surface area contributed by atoms with Crippen LogP contribution in [-0.4, -0.2) is 12.2 Å². The van der Waals surface area contributed by atoms with Crippen LogP contribution in [0.4, 0.5) is 10.1 Å². The minimum absolute atomic E-state index is 0.119. The minimum Gasteiger partial charge on any atom is -0.457 e. The third-order valence-electron chi connectivity index (χ3n) is 4.90. The van der Waals surface area contributed by atoms with Gasteiger partial charge in [-0.15, -0.1) is 11.8 Å². The standard InChI is InChI=1S/C27H22FNO2S/c1-32-24-13-10-19(11-14-24)16-27(30)29-22-12-15-25(20-6-3-2-4-7-20)26(18-22)31-23-9-5-8-21(28)17-23/h2-15,17-18H,16H2,1H3,(H,29,30). The van der Waals surface area contributed by atoms with Crippen LogP contribution in [0.15, 0.2) is 102 Å². The normalized spacial score (nSPS) is 10.6. The van der Waals surface area contributed by atoms with E-state index in [4.69, 9.17) is 4.74 Å². The highest BCUT2D eigenvalue weighted by Crippen LogP contribution is 2.35. The average molecular weight is 444 g/mol. The number of hydrogen-bond acceptors (Lipinski definition) is 3. The number of carbonyl (C=O) groups is 1. The fraction of sp³-hybridized carbons (Fsp3) is 0.0741. The van der Waals surface area contributed by atoms with E-state index in [0.29, 0.717) is 17.2 Å². The highest BCUT2D eigenvalue weighted by atomic mass is 32.2. The van der Waals surface area contributed by atoms with E-state index < -0.39 is 0 Å². The molecule has 4 aromatic carbocycles. The number of amides is 1. The van der Waals surface area contributed by atoms with Gasteiger partial charge in [-0.05, 0) is 53.8 Å². The molecule has 1 amide bonds. The summed E-state index contributed by atoms with van der Waals surface area (Å²) in [6, 6.07) is 29.2. The molecule has 0 fully saturated rings. The van der Waals surface area contributed by atoms with Crippen molar-refractivity contribution in [1.29, 1.82) is 0 Å². The molecule has 160 valence electrons. The zero-order valence-electron chi connectivity index (χ0n) is 17.5. The molecule has 32 heavy (non-hydrogen) atoms. The molecule has 0 heterocycles. The van der Waals surface area contributed by atoms with Crippen LogP contribution in [0.25, 0.3) is 11.1 Å². The number of thioether (sulfide) groups is 1. The zero-order chi connectivity index (χ0) is 22.3. The van der Waals surface area contributed by atoms with Crippen molar-refractivity contribution in [2.75, 3.05) is 11.6 Å². The summed E-state index contributed by atoms with van der Waals surface area (Å²) in [5.41, 5.74) is 3.37. The topological polar surface area (TPSA) is 38.3 Å². The highest BCUT2D eigenvalue weighted by Gasteiger charge is 2.12. The Bertz CT molecular complexity index is 1210. The second kappa shape index (κ2) is 10.2. The van der Waals surface area contributed by atoms with E-state index in [1.165, 1.54) is 12.1 Å². The molecule has 0 saturated carbocycles. The van der Waals surface area contributed by atoms with Crippen LogP contribution in [0.3, 0.4) is 0 Å². The first kappa shape index (κ1) is 21.7. The van der Waals surface area contributed by atoms with Gasteiger partial charge in [0.05, 0.1) is 6.42 Å². The van der Waals surface area contributed by atoms with E-state index in [2.05, 4.69) is 5.32 Å². The summed E-state index contributed by atoms with van der Waals surface area (Å²) in [4.78, 5) is 13.8. The first-order valence-corrected chi connectivity index (χ1v) is 11.4. The summed E-state index contributed by atoms with van der Waals surface area (Å²) in [6.45, 7) is 0. The van der Waals surface area contributed by atoms with Crippen LogP contribution < -0.4 is 10.1 Å². The summed E-state index contributed by atoms with van der Waals surface area (Å²) in [5.74, 6) is 0.426. The molecule has 3 nitrogen and oxygen atoms in total. The van der Waals surface area contributed by atoms with E-state index in [1.807, 2.05) is 73.0 Å². The van der Waals surface area contributed by atoms with Crippen LogP contribution in [0.2, 0.25) is 0 Å². The van der Waals surface area contributed by atoms with Crippen molar-refractivity contribution >= 4 is 23.4 Å². The molecule has 1 N–H and O–H groups in total. The third-order valence-corrected chi connectivity index (χ3v) is 5.64. The van der Waals surface area contributed by atoms with E-state index in [1.54, 1.807) is 30.0 Å². The molecule has 4 rings (SSSR count). The first-order chi connectivity index (χ1) is 15.6. The SMILES string of the molecule is CSc1ccc(CC(=O)Nc2ccc(-c3ccccc3)c(Oc3cccc(F)c3)c2)cc1. The van der Waals surface area contributed by atoms with Gasteiger partial charge in [0.1, 0.15) is 17.3 Å². The fourth-order valence-corrected chi connectivity index (χ4v) is 3.74. The Labute approximate surface area is 191 Å². The second-order valence-corrected chi connectivity index (χ2v) is 8.09. The lowest BCUT2D eigenvalue weighted by atomic mass is 10.0. The molecule has 0 saturated heterocycles. The predicted octanol–water partition coefficient (Wildman–Crippen LogP) is 7.19. The molecule has 0 bridgehead atoms. The Morgan fingerprint density at radius 1 is 0.906 bits per heavy atom. The van der Waals surface area contributed by atoms with Gasteiger partial charge in [-0.25, -0.2) is 4.39 Å². The summed E-state index contributed by atoms with van der Waals surface area (Å²) in [5, 5.41) is 2.94. The van der Waals surface area contributed by atoms with Crippen LogP contribution >= 0.6 is 11.8 Å². The molecule has 0 radical (unpaired) electrons. The second-order valence-electron chi connectivity index (χ2n) is 7.21. The van der Waals surface area contributed by atoms with Crippen molar-refractivity contribution in [2.45, 2.75) is 11.3 Å². The monoisotopic (exact) mass is 443 g/mol. The van der Waals surface area contributed by atoms with Crippen molar-refractivity contribution in [3.8, 4) is 22.6 Å². The summed E-state index contributed by atoms with van der Waals surface area (Å²) < 4.78 is 19.7. The van der Waals surface area contributed by atoms with E-state index in [-0.39, 0.29) is 18.1 Å². The van der Waals surface area contributed by atoms with Crippen molar-refractivity contribution in [3.63, 3.8) is 0 Å². The first-order valence-electron chi connectivity index (χ1n) is 10.2. The smallest absolute Gasteiger partial charge is 0.228 e. The zero-order valence-corrected chi connectivity index (χ0v) is 18.4. The summed E-state index contributed by atoms with van der Waals surface area (Å²) >= 11 is 1.66. The number of rotatable bonds is 7. The van der Waals surface area contributed by atoms with Gasteiger partial charge in [0.2, 0.25) is 5.91 Å². The van der Waals surface area contributed by atoms with Crippen LogP contribution in [0.5, 0.6) is 11.5 Å². The van der Waals surface area contributed by atoms with Crippen LogP contribution in [0, 0.1) is 5.82 Å². The van der Waals surface area contributed by atoms with Crippen LogP contribution in [0.1, 0.15) is 5.56 Å². The fourth-order valence-electron chi connectivity index (χ4n) is 3.33. The van der Waals surface area contributed by atoms with Crippen molar-refractivity contribution in [2.24, 2.45) is 0 Å². The molecule has 0 aromatic heterocycles. The van der Waals surface area contributed by atoms with Gasteiger partial charge in [-0.2, -0.15) is 0 Å². The third kappa shape index (κ3) is 5.56. The number of nitrogens with one attached hydrogen (secondary N) is 1. The molecule has 0 aliphatic carbocycles. The maximum atomic E-state index is 13.7. The maximum Gasteiger partial charge on any atom is 0.228 e. The molecule has 0 atom stereocenters. The van der Waals surface area contributed by atoms with Gasteiger partial charge in [-0.3, -0.25) is 4.79 Å². The van der Waals surface area contributed by atoms with Gasteiger partial charge >= 0.3 is 0 Å². The van der Waals surface area contributed by atoms with Gasteiger partial charge in [-0.1, -0.05) is 48.5 Å². The van der Waals surface area contributed by atoms with Gasteiger partial charge in [0.15, 0.2) is 0 Å². The molecular weight excluding hydrogens is 421 g/mol. The molecule has 5 heteroatoms. The lowest BCUT2D eigenvalue weighted by molar-refractivity contribution is -0.115. The predicted molar refractivity (Wildman–Crippen MR) is 129 cm³/mol. The van der Waals surface area contributed by atoms with Gasteiger partial charge in [0, 0.05) is 28.3 Å². The number of hydrogen-bond donors (Lipinski definition) is 1. The Balaban J connectivity index is 1.57. The van der Waals surface area contributed by atoms with E-state index in [9.17, 15) is 9.18 Å². The number of anilines is 1. The maximum absolute atomic E-state index is 13.7. The lowest BCUT2D eigenvalue weighted by Crippen LogP contribution is -2.14. The molecule has 0 aliphatic rings. The number of halogens is 1. The van der Waals surface area contributed by atoms with Crippen molar-refractivity contribution in [1.82, 2.24) is 0 Å². The van der Waals surface area contributed by atoms with Crippen molar-refractivity contribution in [3.05, 3.63) is 108 Å². The quantitative estimate of drug-likeness (QED) is 0.307. The van der Waals surface area contributed by atoms with E-state index in [0.717, 1.165) is 21.6 Å². The lowest BCUT2D eigenvalue weighted by Gasteiger charge is -2.14. The molecule has 4 aromatic rings. The Morgan fingerprint density at radius 2 is 1.69 bits per heavy atom. The Morgan fingerprint density at radius 3 is 2.41 bits per heavy atom. The number of carbonyl (C=O) groups excluding carboxylic acids is 1. The van der Waals surface area contributed by atoms with Crippen molar-refractivity contribution < 1.29 is 13.9 Å². The molecular formula is C27H22FNO2S. The number of ether oxygens (including phenoxy) is 1.